The van der Waals surface area contributed by atoms with E-state index in [0.717, 1.165) is 0 Å². The Morgan fingerprint density at radius 3 is 2.40 bits per heavy atom. The predicted octanol–water partition coefficient (Wildman–Crippen LogP) is 2.80. The highest BCUT2D eigenvalue weighted by molar-refractivity contribution is 9.10. The van der Waals surface area contributed by atoms with E-state index >= 15 is 0 Å². The number of benzene rings is 1. The van der Waals surface area contributed by atoms with Gasteiger partial charge >= 0.3 is 12.2 Å². The van der Waals surface area contributed by atoms with Crippen molar-refractivity contribution in [2.75, 3.05) is 44.6 Å². The van der Waals surface area contributed by atoms with Crippen LogP contribution in [-0.4, -0.2) is 79.9 Å². The second-order valence-corrected chi connectivity index (χ2v) is 10.4. The normalized spacial score (nSPS) is 15.5. The van der Waals surface area contributed by atoms with Crippen molar-refractivity contribution in [3.05, 3.63) is 22.7 Å². The molecule has 0 atom stereocenters. The Morgan fingerprint density at radius 1 is 1.20 bits per heavy atom. The van der Waals surface area contributed by atoms with E-state index in [-0.39, 0.29) is 44.2 Å². The number of carbonyl (C=O) groups is 2. The number of amides is 1. The zero-order valence-electron chi connectivity index (χ0n) is 17.1. The molecule has 12 heteroatoms. The summed E-state index contributed by atoms with van der Waals surface area (Å²) in [5.41, 5.74) is -0.321. The Labute approximate surface area is 184 Å². The average Bonchev–Trinajstić information content (AvgIpc) is 2.63. The number of halogens is 1. The molecule has 0 spiro atoms. The first-order valence-corrected chi connectivity index (χ1v) is 11.5. The van der Waals surface area contributed by atoms with E-state index in [1.807, 2.05) is 0 Å². The van der Waals surface area contributed by atoms with Gasteiger partial charge in [0.15, 0.2) is 0 Å². The standard InChI is InChI=1S/C18H26BrN3O7S/c1-18(2,3)29-17(25)28-11-6-20-14-12-13(19)4-5-15(14)30(26,27)22-9-7-21(8-10-22)16(23)24/h4-5,12,20H,6-11H2,1-3H3,(H,23,24). The molecule has 0 unspecified atom stereocenters. The summed E-state index contributed by atoms with van der Waals surface area (Å²) in [5.74, 6) is 0. The van der Waals surface area contributed by atoms with Crippen LogP contribution in [0.3, 0.4) is 0 Å². The molecule has 2 rings (SSSR count). The zero-order chi connectivity index (χ0) is 22.5. The Hall–Kier alpha value is -2.05. The predicted molar refractivity (Wildman–Crippen MR) is 113 cm³/mol. The Morgan fingerprint density at radius 2 is 1.83 bits per heavy atom. The molecule has 1 heterocycles. The van der Waals surface area contributed by atoms with Crippen LogP contribution in [0.4, 0.5) is 15.3 Å². The quantitative estimate of drug-likeness (QED) is 0.444. The molecule has 1 aliphatic rings. The molecule has 30 heavy (non-hydrogen) atoms. The smallest absolute Gasteiger partial charge is 0.465 e. The van der Waals surface area contributed by atoms with Crippen LogP contribution in [0.15, 0.2) is 27.6 Å². The fourth-order valence-corrected chi connectivity index (χ4v) is 4.66. The molecule has 1 amide bonds. The third kappa shape index (κ3) is 6.74. The van der Waals surface area contributed by atoms with Gasteiger partial charge in [-0.15, -0.1) is 0 Å². The number of hydrogen-bond donors (Lipinski definition) is 2. The third-order valence-electron chi connectivity index (χ3n) is 4.10. The lowest BCUT2D eigenvalue weighted by Gasteiger charge is -2.32. The molecule has 1 aromatic carbocycles. The number of nitrogens with zero attached hydrogens (tertiary/aromatic N) is 2. The average molecular weight is 508 g/mol. The lowest BCUT2D eigenvalue weighted by atomic mass is 10.2. The van der Waals surface area contributed by atoms with Crippen LogP contribution >= 0.6 is 15.9 Å². The summed E-state index contributed by atoms with van der Waals surface area (Å²) in [6.07, 6.45) is -1.87. The van der Waals surface area contributed by atoms with E-state index in [4.69, 9.17) is 14.6 Å². The minimum absolute atomic E-state index is 0.0157. The largest absolute Gasteiger partial charge is 0.508 e. The van der Waals surface area contributed by atoms with Gasteiger partial charge in [-0.3, -0.25) is 0 Å². The van der Waals surface area contributed by atoms with Crippen molar-refractivity contribution in [3.63, 3.8) is 0 Å². The maximum absolute atomic E-state index is 13.1. The molecule has 1 aliphatic heterocycles. The van der Waals surface area contributed by atoms with E-state index in [1.54, 1.807) is 32.9 Å². The summed E-state index contributed by atoms with van der Waals surface area (Å²) >= 11 is 3.32. The van der Waals surface area contributed by atoms with Crippen molar-refractivity contribution in [2.45, 2.75) is 31.3 Å². The second kappa shape index (κ2) is 9.84. The Bertz CT molecular complexity index is 878. The van der Waals surface area contributed by atoms with E-state index in [9.17, 15) is 18.0 Å². The van der Waals surface area contributed by atoms with Gasteiger partial charge in [0.25, 0.3) is 0 Å². The van der Waals surface area contributed by atoms with Crippen LogP contribution in [0, 0.1) is 0 Å². The van der Waals surface area contributed by atoms with Crippen molar-refractivity contribution >= 4 is 43.9 Å². The maximum atomic E-state index is 13.1. The van der Waals surface area contributed by atoms with E-state index in [0.29, 0.717) is 10.2 Å². The second-order valence-electron chi connectivity index (χ2n) is 7.55. The van der Waals surface area contributed by atoms with E-state index in [2.05, 4.69) is 21.2 Å². The minimum atomic E-state index is -3.84. The number of carbonyl (C=O) groups excluding carboxylic acids is 1. The third-order valence-corrected chi connectivity index (χ3v) is 6.55. The van der Waals surface area contributed by atoms with Crippen LogP contribution in [-0.2, 0) is 19.5 Å². The number of carboxylic acid groups (broad SMARTS) is 1. The van der Waals surface area contributed by atoms with Gasteiger partial charge in [0.05, 0.1) is 5.69 Å². The van der Waals surface area contributed by atoms with E-state index in [1.165, 1.54) is 15.3 Å². The lowest BCUT2D eigenvalue weighted by molar-refractivity contribution is -0.00547. The van der Waals surface area contributed by atoms with Crippen molar-refractivity contribution in [3.8, 4) is 0 Å². The minimum Gasteiger partial charge on any atom is -0.465 e. The summed E-state index contributed by atoms with van der Waals surface area (Å²) in [6, 6.07) is 4.71. The number of piperazine rings is 1. The first-order chi connectivity index (χ1) is 13.9. The first kappa shape index (κ1) is 24.2. The molecular weight excluding hydrogens is 482 g/mol. The maximum Gasteiger partial charge on any atom is 0.508 e. The zero-order valence-corrected chi connectivity index (χ0v) is 19.5. The Kier molecular flexibility index (Phi) is 7.94. The molecular formula is C18H26BrN3O7S. The summed E-state index contributed by atoms with van der Waals surface area (Å²) < 4.78 is 38.2. The van der Waals surface area contributed by atoms with Crippen molar-refractivity contribution < 1.29 is 32.6 Å². The molecule has 1 fully saturated rings. The van der Waals surface area contributed by atoms with Gasteiger partial charge < -0.3 is 24.8 Å². The highest BCUT2D eigenvalue weighted by atomic mass is 79.9. The van der Waals surface area contributed by atoms with Gasteiger partial charge in [-0.25, -0.2) is 18.0 Å². The fraction of sp³-hybridized carbons (Fsp3) is 0.556. The Balaban J connectivity index is 2.04. The molecule has 0 aliphatic carbocycles. The molecule has 10 nitrogen and oxygen atoms in total. The fourth-order valence-electron chi connectivity index (χ4n) is 2.72. The molecule has 1 aromatic rings. The van der Waals surface area contributed by atoms with Crippen LogP contribution in [0.5, 0.6) is 0 Å². The highest BCUT2D eigenvalue weighted by Gasteiger charge is 2.31. The van der Waals surface area contributed by atoms with Gasteiger partial charge in [-0.2, -0.15) is 4.31 Å². The molecule has 1 saturated heterocycles. The number of anilines is 1. The van der Waals surface area contributed by atoms with Gasteiger partial charge in [0, 0.05) is 37.2 Å². The van der Waals surface area contributed by atoms with Crippen molar-refractivity contribution in [1.82, 2.24) is 9.21 Å². The number of sulfonamides is 1. The highest BCUT2D eigenvalue weighted by Crippen LogP contribution is 2.28. The number of rotatable bonds is 6. The monoisotopic (exact) mass is 507 g/mol. The number of hydrogen-bond acceptors (Lipinski definition) is 7. The molecule has 0 saturated carbocycles. The molecule has 168 valence electrons. The first-order valence-electron chi connectivity index (χ1n) is 9.27. The number of ether oxygens (including phenoxy) is 2. The summed E-state index contributed by atoms with van der Waals surface area (Å²) in [4.78, 5) is 23.9. The molecule has 0 aromatic heterocycles. The van der Waals surface area contributed by atoms with E-state index < -0.39 is 27.9 Å². The summed E-state index contributed by atoms with van der Waals surface area (Å²) in [6.45, 7) is 5.69. The number of nitrogens with one attached hydrogen (secondary N) is 1. The topological polar surface area (TPSA) is 125 Å². The van der Waals surface area contributed by atoms with Crippen LogP contribution < -0.4 is 5.32 Å². The van der Waals surface area contributed by atoms with Crippen LogP contribution in [0.25, 0.3) is 0 Å². The van der Waals surface area contributed by atoms with Crippen LogP contribution in [0.1, 0.15) is 20.8 Å². The van der Waals surface area contributed by atoms with Crippen molar-refractivity contribution in [1.29, 1.82) is 0 Å². The van der Waals surface area contributed by atoms with Gasteiger partial charge in [0.1, 0.15) is 17.1 Å². The SMILES string of the molecule is CC(C)(C)OC(=O)OCCNc1cc(Br)ccc1S(=O)(=O)N1CCN(C(=O)O)CC1. The van der Waals surface area contributed by atoms with Gasteiger partial charge in [-0.1, -0.05) is 15.9 Å². The van der Waals surface area contributed by atoms with Gasteiger partial charge in [-0.05, 0) is 39.0 Å². The van der Waals surface area contributed by atoms with Gasteiger partial charge in [0.2, 0.25) is 10.0 Å². The lowest BCUT2D eigenvalue weighted by Crippen LogP contribution is -2.50. The molecule has 2 N–H and O–H groups in total. The summed E-state index contributed by atoms with van der Waals surface area (Å²) in [5, 5.41) is 12.0. The summed E-state index contributed by atoms with van der Waals surface area (Å²) in [7, 11) is -3.84. The molecule has 0 bridgehead atoms. The van der Waals surface area contributed by atoms with Crippen LogP contribution in [0.2, 0.25) is 0 Å². The molecule has 0 radical (unpaired) electrons. The van der Waals surface area contributed by atoms with Crippen molar-refractivity contribution in [2.24, 2.45) is 0 Å².